The molecule has 0 radical (unpaired) electrons. The van der Waals surface area contributed by atoms with Crippen molar-refractivity contribution in [1.82, 2.24) is 10.2 Å². The number of nitrogens with one attached hydrogen (secondary N) is 2. The lowest BCUT2D eigenvalue weighted by molar-refractivity contribution is -0.124. The number of carbonyl (C=O) groups is 2. The number of rotatable bonds is 7. The Hall–Kier alpha value is -4.01. The molecule has 0 fully saturated rings. The Balaban J connectivity index is 1.57. The van der Waals surface area contributed by atoms with Crippen LogP contribution in [0, 0.1) is 12.8 Å². The van der Waals surface area contributed by atoms with E-state index < -0.39 is 17.9 Å². The predicted molar refractivity (Wildman–Crippen MR) is 122 cm³/mol. The van der Waals surface area contributed by atoms with Gasteiger partial charge in [-0.3, -0.25) is 14.7 Å². The van der Waals surface area contributed by atoms with E-state index in [0.717, 1.165) is 28.1 Å². The van der Waals surface area contributed by atoms with Gasteiger partial charge in [0, 0.05) is 11.3 Å². The van der Waals surface area contributed by atoms with Crippen molar-refractivity contribution >= 4 is 17.5 Å². The molecule has 0 spiro atoms. The van der Waals surface area contributed by atoms with E-state index >= 15 is 0 Å². The van der Waals surface area contributed by atoms with Gasteiger partial charge in [-0.1, -0.05) is 6.07 Å². The van der Waals surface area contributed by atoms with E-state index in [4.69, 9.17) is 19.9 Å². The van der Waals surface area contributed by atoms with Crippen LogP contribution in [0.3, 0.4) is 0 Å². The van der Waals surface area contributed by atoms with Crippen molar-refractivity contribution in [3.05, 3.63) is 53.9 Å². The Labute approximate surface area is 191 Å². The summed E-state index contributed by atoms with van der Waals surface area (Å²) in [6.07, 6.45) is 1.34. The minimum absolute atomic E-state index is 0.215. The van der Waals surface area contributed by atoms with Gasteiger partial charge in [-0.05, 0) is 61.7 Å². The summed E-state index contributed by atoms with van der Waals surface area (Å²) < 4.78 is 16.9. The van der Waals surface area contributed by atoms with Crippen LogP contribution < -0.4 is 25.3 Å². The molecule has 172 valence electrons. The summed E-state index contributed by atoms with van der Waals surface area (Å²) in [6, 6.07) is 10.9. The summed E-state index contributed by atoms with van der Waals surface area (Å²) in [4.78, 5) is 24.7. The number of fused-ring (bicyclic) bond motifs is 1. The van der Waals surface area contributed by atoms with Crippen molar-refractivity contribution in [3.63, 3.8) is 0 Å². The first-order valence-corrected chi connectivity index (χ1v) is 10.6. The normalized spacial score (nSPS) is 15.7. The van der Waals surface area contributed by atoms with Crippen LogP contribution in [0.15, 0.2) is 42.6 Å². The Morgan fingerprint density at radius 3 is 2.79 bits per heavy atom. The topological polar surface area (TPSA) is 129 Å². The molecule has 0 unspecified atom stereocenters. The van der Waals surface area contributed by atoms with Crippen LogP contribution in [0.25, 0.3) is 11.1 Å². The molecule has 0 aliphatic carbocycles. The maximum atomic E-state index is 13.1. The minimum atomic E-state index is -0.876. The number of benzene rings is 2. The number of nitrogens with two attached hydrogens (primary N) is 1. The number of anilines is 1. The number of aromatic nitrogens is 2. The molecule has 2 amide bonds. The van der Waals surface area contributed by atoms with Gasteiger partial charge in [0.25, 0.3) is 5.91 Å². The quantitative estimate of drug-likeness (QED) is 0.508. The molecular formula is C24H26N4O5. The predicted octanol–water partition coefficient (Wildman–Crippen LogP) is 2.84. The molecule has 2 atom stereocenters. The molecule has 0 saturated heterocycles. The van der Waals surface area contributed by atoms with Gasteiger partial charge >= 0.3 is 0 Å². The van der Waals surface area contributed by atoms with E-state index in [1.54, 1.807) is 32.4 Å². The zero-order valence-electron chi connectivity index (χ0n) is 18.7. The van der Waals surface area contributed by atoms with Gasteiger partial charge in [0.1, 0.15) is 23.9 Å². The lowest BCUT2D eigenvalue weighted by Gasteiger charge is -2.25. The first-order valence-electron chi connectivity index (χ1n) is 10.6. The van der Waals surface area contributed by atoms with E-state index in [-0.39, 0.29) is 12.5 Å². The Bertz CT molecular complexity index is 1190. The molecule has 1 aliphatic heterocycles. The Kier molecular flexibility index (Phi) is 6.21. The molecule has 4 N–H and O–H groups in total. The number of H-pyrrole nitrogens is 1. The summed E-state index contributed by atoms with van der Waals surface area (Å²) in [5.74, 6) is 0.572. The zero-order chi connectivity index (χ0) is 23.5. The van der Waals surface area contributed by atoms with E-state index in [1.807, 2.05) is 31.2 Å². The molecule has 0 saturated carbocycles. The monoisotopic (exact) mass is 450 g/mol. The fourth-order valence-electron chi connectivity index (χ4n) is 3.68. The first-order chi connectivity index (χ1) is 15.9. The van der Waals surface area contributed by atoms with E-state index in [1.165, 1.54) is 0 Å². The number of amides is 2. The van der Waals surface area contributed by atoms with Crippen LogP contribution in [-0.4, -0.2) is 41.8 Å². The van der Waals surface area contributed by atoms with Crippen molar-refractivity contribution in [2.45, 2.75) is 26.4 Å². The lowest BCUT2D eigenvalue weighted by Crippen LogP contribution is -2.33. The van der Waals surface area contributed by atoms with Crippen LogP contribution >= 0.6 is 0 Å². The number of aryl methyl sites for hydroxylation is 1. The smallest absolute Gasteiger partial charge is 0.258 e. The molecule has 9 nitrogen and oxygen atoms in total. The number of ether oxygens (including phenoxy) is 3. The molecule has 0 bridgehead atoms. The third-order valence-corrected chi connectivity index (χ3v) is 5.63. The van der Waals surface area contributed by atoms with Crippen LogP contribution in [0.1, 0.15) is 18.2 Å². The number of carbonyl (C=O) groups excluding carboxylic acids is 2. The highest BCUT2D eigenvalue weighted by Crippen LogP contribution is 2.34. The van der Waals surface area contributed by atoms with Gasteiger partial charge in [-0.15, -0.1) is 0 Å². The third kappa shape index (κ3) is 4.77. The van der Waals surface area contributed by atoms with Gasteiger partial charge in [0.2, 0.25) is 5.91 Å². The lowest BCUT2D eigenvalue weighted by atomic mass is 9.95. The van der Waals surface area contributed by atoms with E-state index in [0.29, 0.717) is 23.6 Å². The molecule has 2 aromatic carbocycles. The minimum Gasteiger partial charge on any atom is -0.497 e. The second kappa shape index (κ2) is 9.23. The summed E-state index contributed by atoms with van der Waals surface area (Å²) in [5, 5.41) is 9.86. The number of hydrogen-bond acceptors (Lipinski definition) is 6. The van der Waals surface area contributed by atoms with Gasteiger partial charge in [0.05, 0.1) is 24.9 Å². The SMILES string of the molecule is COc1ccc2c(c1)C[C@@H](C(=O)Nc1ccc(-c3cn[nH]c3C)cc1O[C@@H](C)C(N)=O)CO2. The highest BCUT2D eigenvalue weighted by Gasteiger charge is 2.27. The summed E-state index contributed by atoms with van der Waals surface area (Å²) in [6.45, 7) is 3.72. The number of hydrogen-bond donors (Lipinski definition) is 3. The van der Waals surface area contributed by atoms with Crippen LogP contribution in [0.2, 0.25) is 0 Å². The third-order valence-electron chi connectivity index (χ3n) is 5.63. The van der Waals surface area contributed by atoms with Gasteiger partial charge in [-0.25, -0.2) is 0 Å². The molecule has 3 aromatic rings. The van der Waals surface area contributed by atoms with Crippen molar-refractivity contribution in [2.75, 3.05) is 19.0 Å². The maximum Gasteiger partial charge on any atom is 0.258 e. The fourth-order valence-corrected chi connectivity index (χ4v) is 3.68. The molecule has 1 aromatic heterocycles. The number of primary amides is 1. The number of methoxy groups -OCH3 is 1. The Morgan fingerprint density at radius 2 is 2.09 bits per heavy atom. The summed E-state index contributed by atoms with van der Waals surface area (Å²) in [7, 11) is 1.60. The van der Waals surface area contributed by atoms with Gasteiger partial charge in [-0.2, -0.15) is 5.10 Å². The largest absolute Gasteiger partial charge is 0.497 e. The van der Waals surface area contributed by atoms with E-state index in [9.17, 15) is 9.59 Å². The average molecular weight is 450 g/mol. The molecule has 1 aliphatic rings. The van der Waals surface area contributed by atoms with Crippen molar-refractivity contribution in [3.8, 4) is 28.4 Å². The number of nitrogens with zero attached hydrogens (tertiary/aromatic N) is 1. The van der Waals surface area contributed by atoms with Gasteiger partial charge in [0.15, 0.2) is 6.10 Å². The molecular weight excluding hydrogens is 424 g/mol. The van der Waals surface area contributed by atoms with Crippen molar-refractivity contribution in [2.24, 2.45) is 11.7 Å². The summed E-state index contributed by atoms with van der Waals surface area (Å²) >= 11 is 0. The zero-order valence-corrected chi connectivity index (χ0v) is 18.7. The number of aromatic amines is 1. The second-order valence-corrected chi connectivity index (χ2v) is 7.96. The molecule has 9 heteroatoms. The molecule has 2 heterocycles. The fraction of sp³-hybridized carbons (Fsp3) is 0.292. The first kappa shape index (κ1) is 22.2. The van der Waals surface area contributed by atoms with Crippen molar-refractivity contribution in [1.29, 1.82) is 0 Å². The highest BCUT2D eigenvalue weighted by atomic mass is 16.5. The van der Waals surface area contributed by atoms with Crippen LogP contribution in [-0.2, 0) is 16.0 Å². The summed E-state index contributed by atoms with van der Waals surface area (Å²) in [5.41, 5.74) is 9.33. The molecule has 33 heavy (non-hydrogen) atoms. The van der Waals surface area contributed by atoms with Gasteiger partial charge < -0.3 is 25.3 Å². The van der Waals surface area contributed by atoms with Crippen LogP contribution in [0.5, 0.6) is 17.2 Å². The van der Waals surface area contributed by atoms with Crippen LogP contribution in [0.4, 0.5) is 5.69 Å². The highest BCUT2D eigenvalue weighted by molar-refractivity contribution is 5.95. The molecule has 4 rings (SSSR count). The van der Waals surface area contributed by atoms with E-state index in [2.05, 4.69) is 15.5 Å². The second-order valence-electron chi connectivity index (χ2n) is 7.96. The average Bonchev–Trinajstić information content (AvgIpc) is 3.25. The van der Waals surface area contributed by atoms with Crippen molar-refractivity contribution < 1.29 is 23.8 Å². The standard InChI is InChI=1S/C24H26N4O5/c1-13-19(11-26-28-13)15-4-6-20(22(10-15)33-14(2)23(25)29)27-24(30)17-8-16-9-18(31-3)5-7-21(16)32-12-17/h4-7,9-11,14,17H,8,12H2,1-3H3,(H2,25,29)(H,26,28)(H,27,30)/t14-,17+/m0/s1. The Morgan fingerprint density at radius 1 is 1.27 bits per heavy atom. The maximum absolute atomic E-state index is 13.1.